The Morgan fingerprint density at radius 3 is 2.57 bits per heavy atom. The fraction of sp³-hybridized carbons (Fsp3) is 0.0526. The molecule has 0 atom stereocenters. The molecule has 0 bridgehead atoms. The number of fused-ring (bicyclic) bond motifs is 1. The van der Waals surface area contributed by atoms with Crippen molar-refractivity contribution in [1.82, 2.24) is 4.98 Å². The molecule has 1 amide bonds. The number of thiophene rings is 1. The van der Waals surface area contributed by atoms with Crippen LogP contribution in [0.15, 0.2) is 64.9 Å². The molecule has 4 aromatic rings. The number of nitrogens with zero attached hydrogens (tertiary/aromatic N) is 1. The van der Waals surface area contributed by atoms with E-state index in [2.05, 4.69) is 15.0 Å². The van der Waals surface area contributed by atoms with Gasteiger partial charge in [0, 0.05) is 5.69 Å². The van der Waals surface area contributed by atoms with E-state index in [-0.39, 0.29) is 15.9 Å². The Morgan fingerprint density at radius 2 is 1.86 bits per heavy atom. The van der Waals surface area contributed by atoms with Gasteiger partial charge in [0.1, 0.15) is 0 Å². The summed E-state index contributed by atoms with van der Waals surface area (Å²) in [6.45, 7) is 1.90. The maximum Gasteiger partial charge on any atom is 0.265 e. The van der Waals surface area contributed by atoms with Crippen LogP contribution < -0.4 is 10.0 Å². The molecule has 28 heavy (non-hydrogen) atoms. The monoisotopic (exact) mass is 429 g/mol. The van der Waals surface area contributed by atoms with E-state index in [4.69, 9.17) is 0 Å². The van der Waals surface area contributed by atoms with Gasteiger partial charge in [-0.15, -0.1) is 11.3 Å². The minimum Gasteiger partial charge on any atom is -0.321 e. The predicted molar refractivity (Wildman–Crippen MR) is 114 cm³/mol. The van der Waals surface area contributed by atoms with E-state index in [1.807, 2.05) is 18.4 Å². The summed E-state index contributed by atoms with van der Waals surface area (Å²) in [4.78, 5) is 17.3. The average molecular weight is 430 g/mol. The molecule has 0 fully saturated rings. The molecule has 9 heteroatoms. The number of hydrogen-bond acceptors (Lipinski definition) is 6. The second-order valence-electron chi connectivity index (χ2n) is 6.05. The molecule has 6 nitrogen and oxygen atoms in total. The molecule has 0 aliphatic rings. The number of carbonyl (C=O) groups excluding carboxylic acids is 1. The van der Waals surface area contributed by atoms with E-state index < -0.39 is 10.0 Å². The average Bonchev–Trinajstić information content (AvgIpc) is 3.30. The van der Waals surface area contributed by atoms with Crippen LogP contribution in [0, 0.1) is 6.92 Å². The van der Waals surface area contributed by atoms with Gasteiger partial charge in [-0.05, 0) is 48.7 Å². The van der Waals surface area contributed by atoms with Crippen molar-refractivity contribution in [2.24, 2.45) is 0 Å². The summed E-state index contributed by atoms with van der Waals surface area (Å²) in [6.07, 6.45) is 0. The lowest BCUT2D eigenvalue weighted by molar-refractivity contribution is 0.103. The molecule has 0 spiro atoms. The van der Waals surface area contributed by atoms with Gasteiger partial charge in [0.25, 0.3) is 15.9 Å². The molecule has 2 heterocycles. The van der Waals surface area contributed by atoms with Crippen LogP contribution >= 0.6 is 22.7 Å². The lowest BCUT2D eigenvalue weighted by Crippen LogP contribution is -2.12. The standard InChI is InChI=1S/C19H15N3O3S3/c1-12-4-7-14(8-5-12)28(24,25)22-19-21-15-9-6-13(11-17(15)27-19)20-18(23)16-3-2-10-26-16/h2-11H,1H3,(H,20,23)(H,21,22). The smallest absolute Gasteiger partial charge is 0.265 e. The van der Waals surface area contributed by atoms with Crippen LogP contribution in [0.2, 0.25) is 0 Å². The molecule has 0 unspecified atom stereocenters. The quantitative estimate of drug-likeness (QED) is 0.480. The fourth-order valence-corrected chi connectivity index (χ4v) is 5.30. The first-order valence-electron chi connectivity index (χ1n) is 8.26. The number of nitrogens with one attached hydrogen (secondary N) is 2. The largest absolute Gasteiger partial charge is 0.321 e. The van der Waals surface area contributed by atoms with Crippen molar-refractivity contribution in [2.45, 2.75) is 11.8 Å². The number of thiazole rings is 1. The van der Waals surface area contributed by atoms with E-state index in [0.717, 1.165) is 10.3 Å². The zero-order valence-corrected chi connectivity index (χ0v) is 17.1. The summed E-state index contributed by atoms with van der Waals surface area (Å²) in [5.74, 6) is -0.181. The molecule has 0 saturated heterocycles. The van der Waals surface area contributed by atoms with Gasteiger partial charge in [-0.3, -0.25) is 9.52 Å². The van der Waals surface area contributed by atoms with Crippen molar-refractivity contribution in [2.75, 3.05) is 10.0 Å². The predicted octanol–water partition coefficient (Wildman–Crippen LogP) is 4.72. The number of anilines is 2. The SMILES string of the molecule is Cc1ccc(S(=O)(=O)Nc2nc3ccc(NC(=O)c4cccs4)cc3s2)cc1. The summed E-state index contributed by atoms with van der Waals surface area (Å²) >= 11 is 2.58. The third-order valence-electron chi connectivity index (χ3n) is 3.94. The molecular weight excluding hydrogens is 414 g/mol. The molecular formula is C19H15N3O3S3. The molecule has 0 aliphatic heterocycles. The number of carbonyl (C=O) groups is 1. The molecule has 4 rings (SSSR count). The fourth-order valence-electron chi connectivity index (χ4n) is 2.54. The van der Waals surface area contributed by atoms with Crippen molar-refractivity contribution in [3.8, 4) is 0 Å². The number of aromatic nitrogens is 1. The number of aryl methyl sites for hydroxylation is 1. The van der Waals surface area contributed by atoms with Crippen LogP contribution in [0.5, 0.6) is 0 Å². The Hall–Kier alpha value is -2.75. The molecule has 0 aliphatic carbocycles. The molecule has 142 valence electrons. The summed E-state index contributed by atoms with van der Waals surface area (Å²) in [5.41, 5.74) is 2.26. The first-order valence-corrected chi connectivity index (χ1v) is 11.4. The van der Waals surface area contributed by atoms with Crippen molar-refractivity contribution >= 4 is 59.6 Å². The van der Waals surface area contributed by atoms with E-state index in [9.17, 15) is 13.2 Å². The lowest BCUT2D eigenvalue weighted by atomic mass is 10.2. The molecule has 2 N–H and O–H groups in total. The highest BCUT2D eigenvalue weighted by Crippen LogP contribution is 2.30. The summed E-state index contributed by atoms with van der Waals surface area (Å²) in [7, 11) is -3.71. The number of benzene rings is 2. The third kappa shape index (κ3) is 3.91. The van der Waals surface area contributed by atoms with Gasteiger partial charge < -0.3 is 5.32 Å². The molecule has 2 aromatic heterocycles. The molecule has 2 aromatic carbocycles. The van der Waals surface area contributed by atoms with Crippen LogP contribution in [0.25, 0.3) is 10.2 Å². The second-order valence-corrected chi connectivity index (χ2v) is 9.71. The van der Waals surface area contributed by atoms with Gasteiger partial charge in [0.05, 0.1) is 20.0 Å². The second kappa shape index (κ2) is 7.34. The minimum absolute atomic E-state index is 0.181. The van der Waals surface area contributed by atoms with Crippen molar-refractivity contribution in [1.29, 1.82) is 0 Å². The highest BCUT2D eigenvalue weighted by atomic mass is 32.2. The number of rotatable bonds is 5. The third-order valence-corrected chi connectivity index (χ3v) is 7.23. The van der Waals surface area contributed by atoms with Crippen LogP contribution in [0.3, 0.4) is 0 Å². The summed E-state index contributed by atoms with van der Waals surface area (Å²) in [6, 6.07) is 15.5. The van der Waals surface area contributed by atoms with Gasteiger partial charge in [-0.1, -0.05) is 35.1 Å². The Kier molecular flexibility index (Phi) is 4.88. The van der Waals surface area contributed by atoms with E-state index >= 15 is 0 Å². The zero-order chi connectivity index (χ0) is 19.7. The highest BCUT2D eigenvalue weighted by molar-refractivity contribution is 7.93. The molecule has 0 radical (unpaired) electrons. The first-order chi connectivity index (χ1) is 13.4. The van der Waals surface area contributed by atoms with Crippen molar-refractivity contribution < 1.29 is 13.2 Å². The minimum atomic E-state index is -3.71. The van der Waals surface area contributed by atoms with Crippen molar-refractivity contribution in [3.05, 3.63) is 70.4 Å². The Morgan fingerprint density at radius 1 is 1.07 bits per heavy atom. The van der Waals surface area contributed by atoms with Crippen LogP contribution in [0.4, 0.5) is 10.8 Å². The number of hydrogen-bond donors (Lipinski definition) is 2. The Balaban J connectivity index is 1.56. The van der Waals surface area contributed by atoms with E-state index in [1.165, 1.54) is 22.7 Å². The topological polar surface area (TPSA) is 88.2 Å². The van der Waals surface area contributed by atoms with Crippen LogP contribution in [0.1, 0.15) is 15.2 Å². The Labute approximate surface area is 169 Å². The van der Waals surface area contributed by atoms with Gasteiger partial charge in [-0.25, -0.2) is 13.4 Å². The van der Waals surface area contributed by atoms with Gasteiger partial charge >= 0.3 is 0 Å². The van der Waals surface area contributed by atoms with Crippen molar-refractivity contribution in [3.63, 3.8) is 0 Å². The van der Waals surface area contributed by atoms with Gasteiger partial charge in [0.15, 0.2) is 5.13 Å². The zero-order valence-electron chi connectivity index (χ0n) is 14.7. The van der Waals surface area contributed by atoms with E-state index in [0.29, 0.717) is 16.1 Å². The van der Waals surface area contributed by atoms with Gasteiger partial charge in [-0.2, -0.15) is 0 Å². The highest BCUT2D eigenvalue weighted by Gasteiger charge is 2.17. The first kappa shape index (κ1) is 18.6. The number of sulfonamides is 1. The maximum atomic E-state index is 12.5. The Bertz CT molecular complexity index is 1240. The summed E-state index contributed by atoms with van der Waals surface area (Å²) in [5, 5.41) is 4.95. The normalized spacial score (nSPS) is 11.5. The maximum absolute atomic E-state index is 12.5. The van der Waals surface area contributed by atoms with Crippen LogP contribution in [-0.4, -0.2) is 19.3 Å². The lowest BCUT2D eigenvalue weighted by Gasteiger charge is -2.04. The van der Waals surface area contributed by atoms with E-state index in [1.54, 1.807) is 48.5 Å². The van der Waals surface area contributed by atoms with Crippen LogP contribution in [-0.2, 0) is 10.0 Å². The molecule has 0 saturated carbocycles. The van der Waals surface area contributed by atoms with Gasteiger partial charge in [0.2, 0.25) is 0 Å². The number of amides is 1. The summed E-state index contributed by atoms with van der Waals surface area (Å²) < 4.78 is 28.4.